The van der Waals surface area contributed by atoms with Crippen molar-refractivity contribution in [1.82, 2.24) is 9.97 Å². The Morgan fingerprint density at radius 1 is 1.42 bits per heavy atom. The smallest absolute Gasteiger partial charge is 0.278 e. The number of H-pyrrole nitrogens is 1. The van der Waals surface area contributed by atoms with E-state index in [2.05, 4.69) is 37.3 Å². The van der Waals surface area contributed by atoms with Crippen molar-refractivity contribution < 1.29 is 8.42 Å². The van der Waals surface area contributed by atoms with Gasteiger partial charge in [0.25, 0.3) is 10.0 Å². The van der Waals surface area contributed by atoms with Crippen LogP contribution in [0.1, 0.15) is 18.3 Å². The number of nitrogens with zero attached hydrogens (tertiary/aromatic N) is 1. The molecule has 0 fully saturated rings. The van der Waals surface area contributed by atoms with Gasteiger partial charge < -0.3 is 4.98 Å². The molecule has 0 amide bonds. The second-order valence-corrected chi connectivity index (χ2v) is 6.93. The summed E-state index contributed by atoms with van der Waals surface area (Å²) in [7, 11) is -3.60. The molecule has 1 heterocycles. The topological polar surface area (TPSA) is 74.8 Å². The molecule has 5 nitrogen and oxygen atoms in total. The van der Waals surface area contributed by atoms with E-state index in [9.17, 15) is 8.42 Å². The van der Waals surface area contributed by atoms with Gasteiger partial charge in [-0.05, 0) is 47.2 Å². The van der Waals surface area contributed by atoms with Crippen LogP contribution in [0.2, 0.25) is 0 Å². The molecule has 0 saturated heterocycles. The summed E-state index contributed by atoms with van der Waals surface area (Å²) in [5.74, 6) is 0.652. The molecule has 2 aromatic rings. The van der Waals surface area contributed by atoms with Crippen molar-refractivity contribution in [2.45, 2.75) is 25.3 Å². The van der Waals surface area contributed by atoms with E-state index in [0.717, 1.165) is 9.13 Å². The van der Waals surface area contributed by atoms with Gasteiger partial charge in [-0.2, -0.15) is 8.42 Å². The highest BCUT2D eigenvalue weighted by atomic mass is 127. The van der Waals surface area contributed by atoms with Crippen molar-refractivity contribution in [1.29, 1.82) is 0 Å². The molecule has 2 rings (SSSR count). The maximum atomic E-state index is 12.1. The quantitative estimate of drug-likeness (QED) is 0.788. The Hall–Kier alpha value is -1.09. The van der Waals surface area contributed by atoms with Gasteiger partial charge >= 0.3 is 0 Å². The highest BCUT2D eigenvalue weighted by Gasteiger charge is 2.17. The summed E-state index contributed by atoms with van der Waals surface area (Å²) in [6.07, 6.45) is 2.00. The molecule has 7 heteroatoms. The lowest BCUT2D eigenvalue weighted by molar-refractivity contribution is 0.598. The number of rotatable bonds is 4. The lowest BCUT2D eigenvalue weighted by atomic mass is 10.2. The molecule has 2 N–H and O–H groups in total. The first kappa shape index (κ1) is 14.3. The van der Waals surface area contributed by atoms with Gasteiger partial charge in [-0.25, -0.2) is 4.98 Å². The Morgan fingerprint density at radius 3 is 2.74 bits per heavy atom. The number of imidazole rings is 1. The van der Waals surface area contributed by atoms with E-state index in [1.165, 1.54) is 6.20 Å². The fraction of sp³-hybridized carbons (Fsp3) is 0.250. The number of halogens is 1. The van der Waals surface area contributed by atoms with Crippen LogP contribution in [0, 0.1) is 10.5 Å². The second kappa shape index (κ2) is 5.49. The van der Waals surface area contributed by atoms with Crippen molar-refractivity contribution in [2.24, 2.45) is 0 Å². The molecular formula is C12H14IN3O2S. The number of aromatic nitrogens is 2. The van der Waals surface area contributed by atoms with Crippen molar-refractivity contribution in [3.05, 3.63) is 39.4 Å². The van der Waals surface area contributed by atoms with E-state index >= 15 is 0 Å². The number of aromatic amines is 1. The number of aryl methyl sites for hydroxylation is 2. The molecule has 1 aromatic heterocycles. The molecule has 0 aliphatic carbocycles. The Kier molecular flexibility index (Phi) is 4.14. The van der Waals surface area contributed by atoms with Crippen LogP contribution in [0.5, 0.6) is 0 Å². The molecule has 19 heavy (non-hydrogen) atoms. The highest BCUT2D eigenvalue weighted by molar-refractivity contribution is 14.1. The molecular weight excluding hydrogens is 377 g/mol. The van der Waals surface area contributed by atoms with E-state index in [4.69, 9.17) is 0 Å². The minimum absolute atomic E-state index is 0.0833. The summed E-state index contributed by atoms with van der Waals surface area (Å²) < 4.78 is 27.8. The maximum absolute atomic E-state index is 12.1. The Balaban J connectivity index is 2.28. The molecule has 1 aromatic carbocycles. The maximum Gasteiger partial charge on any atom is 0.278 e. The van der Waals surface area contributed by atoms with Crippen LogP contribution in [0.25, 0.3) is 0 Å². The summed E-state index contributed by atoms with van der Waals surface area (Å²) in [6.45, 7) is 3.88. The highest BCUT2D eigenvalue weighted by Crippen LogP contribution is 2.20. The largest absolute Gasteiger partial charge is 0.332 e. The second-order valence-electron chi connectivity index (χ2n) is 4.12. The third-order valence-corrected chi connectivity index (χ3v) is 5.11. The standard InChI is InChI=1S/C12H14IN3O2S/c1-3-11-14-7-12(15-11)19(17,18)16-9-5-4-8(2)10(13)6-9/h4-7,16H,3H2,1-2H3,(H,14,15). The predicted octanol–water partition coefficient (Wildman–Crippen LogP) is 2.69. The molecule has 0 aliphatic heterocycles. The summed E-state index contributed by atoms with van der Waals surface area (Å²) in [5, 5.41) is 0.0833. The molecule has 0 bridgehead atoms. The summed E-state index contributed by atoms with van der Waals surface area (Å²) in [4.78, 5) is 6.78. The molecule has 0 radical (unpaired) electrons. The van der Waals surface area contributed by atoms with E-state index in [0.29, 0.717) is 17.9 Å². The Bertz CT molecular complexity index is 695. The minimum atomic E-state index is -3.60. The Morgan fingerprint density at radius 2 is 2.16 bits per heavy atom. The van der Waals surface area contributed by atoms with Crippen LogP contribution in [-0.4, -0.2) is 18.4 Å². The molecule has 0 aliphatic rings. The number of anilines is 1. The molecule has 0 atom stereocenters. The first-order chi connectivity index (χ1) is 8.92. The number of hydrogen-bond acceptors (Lipinski definition) is 3. The van der Waals surface area contributed by atoms with Crippen molar-refractivity contribution in [2.75, 3.05) is 4.72 Å². The van der Waals surface area contributed by atoms with Crippen LogP contribution in [0.15, 0.2) is 29.4 Å². The molecule has 0 unspecified atom stereocenters. The zero-order valence-electron chi connectivity index (χ0n) is 10.6. The van der Waals surface area contributed by atoms with E-state index in [1.807, 2.05) is 19.9 Å². The van der Waals surface area contributed by atoms with E-state index in [-0.39, 0.29) is 5.03 Å². The average molecular weight is 391 g/mol. The van der Waals surface area contributed by atoms with Crippen LogP contribution in [0.4, 0.5) is 5.69 Å². The minimum Gasteiger partial charge on any atom is -0.332 e. The lowest BCUT2D eigenvalue weighted by Gasteiger charge is -2.07. The monoisotopic (exact) mass is 391 g/mol. The number of hydrogen-bond donors (Lipinski definition) is 2. The van der Waals surface area contributed by atoms with Gasteiger partial charge in [-0.15, -0.1) is 0 Å². The Labute approximate surface area is 126 Å². The third kappa shape index (κ3) is 3.27. The first-order valence-electron chi connectivity index (χ1n) is 5.75. The van der Waals surface area contributed by atoms with Gasteiger partial charge in [0.15, 0.2) is 5.03 Å². The van der Waals surface area contributed by atoms with Crippen LogP contribution in [-0.2, 0) is 16.4 Å². The van der Waals surface area contributed by atoms with Gasteiger partial charge in [0.05, 0.1) is 6.20 Å². The SMILES string of the molecule is CCc1ncc(S(=O)(=O)Nc2ccc(C)c(I)c2)[nH]1. The molecule has 0 saturated carbocycles. The average Bonchev–Trinajstić information content (AvgIpc) is 2.83. The zero-order valence-corrected chi connectivity index (χ0v) is 13.5. The third-order valence-electron chi connectivity index (χ3n) is 2.65. The number of sulfonamides is 1. The van der Waals surface area contributed by atoms with Gasteiger partial charge in [0.1, 0.15) is 5.82 Å². The van der Waals surface area contributed by atoms with Gasteiger partial charge in [-0.3, -0.25) is 4.72 Å². The van der Waals surface area contributed by atoms with E-state index < -0.39 is 10.0 Å². The van der Waals surface area contributed by atoms with E-state index in [1.54, 1.807) is 12.1 Å². The van der Waals surface area contributed by atoms with Crippen LogP contribution < -0.4 is 4.72 Å². The summed E-state index contributed by atoms with van der Waals surface area (Å²) >= 11 is 2.17. The summed E-state index contributed by atoms with van der Waals surface area (Å²) in [6, 6.07) is 5.42. The first-order valence-corrected chi connectivity index (χ1v) is 8.31. The number of benzene rings is 1. The van der Waals surface area contributed by atoms with Crippen molar-refractivity contribution in [3.63, 3.8) is 0 Å². The summed E-state index contributed by atoms with van der Waals surface area (Å²) in [5.41, 5.74) is 1.65. The van der Waals surface area contributed by atoms with Crippen molar-refractivity contribution >= 4 is 38.3 Å². The lowest BCUT2D eigenvalue weighted by Crippen LogP contribution is -2.13. The zero-order chi connectivity index (χ0) is 14.0. The van der Waals surface area contributed by atoms with Gasteiger partial charge in [-0.1, -0.05) is 13.0 Å². The van der Waals surface area contributed by atoms with Gasteiger partial charge in [0.2, 0.25) is 0 Å². The fourth-order valence-electron chi connectivity index (χ4n) is 1.53. The number of nitrogens with one attached hydrogen (secondary N) is 2. The van der Waals surface area contributed by atoms with Crippen molar-refractivity contribution in [3.8, 4) is 0 Å². The normalized spacial score (nSPS) is 11.5. The fourth-order valence-corrected chi connectivity index (χ4v) is 3.03. The predicted molar refractivity (Wildman–Crippen MR) is 82.7 cm³/mol. The molecule has 0 spiro atoms. The van der Waals surface area contributed by atoms with Gasteiger partial charge in [0, 0.05) is 15.7 Å². The van der Waals surface area contributed by atoms with Crippen LogP contribution in [0.3, 0.4) is 0 Å². The van der Waals surface area contributed by atoms with Crippen LogP contribution >= 0.6 is 22.6 Å². The molecule has 102 valence electrons.